The number of aryl methyl sites for hydroxylation is 2. The van der Waals surface area contributed by atoms with E-state index in [9.17, 15) is 18.3 Å². The third-order valence-corrected chi connectivity index (χ3v) is 5.85. The number of aliphatic carboxylic acids is 1. The van der Waals surface area contributed by atoms with E-state index in [0.717, 1.165) is 16.9 Å². The molecule has 1 atom stereocenters. The standard InChI is InChI=1S/C15H23NO5S2/c1-5-22-7-6-12(15(17)18)16-23(19,20)14-9-11(3)10(2)8-13(14)21-4/h8-9,12,16H,5-7H2,1-4H3,(H,17,18). The molecule has 0 radical (unpaired) electrons. The summed E-state index contributed by atoms with van der Waals surface area (Å²) in [5.41, 5.74) is 1.69. The molecular weight excluding hydrogens is 338 g/mol. The van der Waals surface area contributed by atoms with Crippen LogP contribution in [0, 0.1) is 13.8 Å². The molecular formula is C15H23NO5S2. The summed E-state index contributed by atoms with van der Waals surface area (Å²) in [6.07, 6.45) is 0.222. The van der Waals surface area contributed by atoms with Gasteiger partial charge in [0.25, 0.3) is 0 Å². The zero-order valence-electron chi connectivity index (χ0n) is 13.8. The number of hydrogen-bond donors (Lipinski definition) is 2. The molecule has 0 saturated carbocycles. The molecule has 6 nitrogen and oxygen atoms in total. The van der Waals surface area contributed by atoms with Crippen LogP contribution in [0.5, 0.6) is 5.75 Å². The Morgan fingerprint density at radius 1 is 1.35 bits per heavy atom. The first-order valence-electron chi connectivity index (χ1n) is 7.21. The van der Waals surface area contributed by atoms with Crippen molar-refractivity contribution in [2.75, 3.05) is 18.6 Å². The molecule has 8 heteroatoms. The number of carboxylic acid groups (broad SMARTS) is 1. The van der Waals surface area contributed by atoms with E-state index in [1.807, 2.05) is 13.8 Å². The van der Waals surface area contributed by atoms with Crippen LogP contribution in [0.2, 0.25) is 0 Å². The number of sulfonamides is 1. The molecule has 0 fully saturated rings. The predicted octanol–water partition coefficient (Wildman–Crippen LogP) is 2.19. The Balaban J connectivity index is 3.10. The summed E-state index contributed by atoms with van der Waals surface area (Å²) in [7, 11) is -2.60. The van der Waals surface area contributed by atoms with E-state index in [-0.39, 0.29) is 17.1 Å². The van der Waals surface area contributed by atoms with E-state index in [4.69, 9.17) is 4.74 Å². The topological polar surface area (TPSA) is 92.7 Å². The van der Waals surface area contributed by atoms with Crippen LogP contribution in [0.3, 0.4) is 0 Å². The van der Waals surface area contributed by atoms with Crippen molar-refractivity contribution in [3.63, 3.8) is 0 Å². The van der Waals surface area contributed by atoms with Crippen LogP contribution in [0.25, 0.3) is 0 Å². The Hall–Kier alpha value is -1.25. The van der Waals surface area contributed by atoms with Crippen molar-refractivity contribution < 1.29 is 23.1 Å². The molecule has 0 spiro atoms. The first-order valence-corrected chi connectivity index (χ1v) is 9.84. The summed E-state index contributed by atoms with van der Waals surface area (Å²) >= 11 is 1.56. The summed E-state index contributed by atoms with van der Waals surface area (Å²) in [5.74, 6) is 0.435. The first kappa shape index (κ1) is 19.8. The van der Waals surface area contributed by atoms with Crippen molar-refractivity contribution >= 4 is 27.8 Å². The fourth-order valence-corrected chi connectivity index (χ4v) is 4.11. The average Bonchev–Trinajstić information content (AvgIpc) is 2.48. The van der Waals surface area contributed by atoms with Gasteiger partial charge in [0.05, 0.1) is 7.11 Å². The van der Waals surface area contributed by atoms with Crippen molar-refractivity contribution in [3.8, 4) is 5.75 Å². The fourth-order valence-electron chi connectivity index (χ4n) is 1.96. The molecule has 130 valence electrons. The van der Waals surface area contributed by atoms with Crippen LogP contribution < -0.4 is 9.46 Å². The fraction of sp³-hybridized carbons (Fsp3) is 0.533. The minimum Gasteiger partial charge on any atom is -0.495 e. The Bertz CT molecular complexity index is 658. The molecule has 1 aromatic rings. The molecule has 0 aliphatic carbocycles. The van der Waals surface area contributed by atoms with Crippen molar-refractivity contribution in [1.29, 1.82) is 0 Å². The highest BCUT2D eigenvalue weighted by molar-refractivity contribution is 7.99. The third-order valence-electron chi connectivity index (χ3n) is 3.42. The summed E-state index contributed by atoms with van der Waals surface area (Å²) in [5, 5.41) is 9.24. The molecule has 23 heavy (non-hydrogen) atoms. The SMILES string of the molecule is CCSCCC(NS(=O)(=O)c1cc(C)c(C)cc1OC)C(=O)O. The summed E-state index contributed by atoms with van der Waals surface area (Å²) < 4.78 is 32.5. The minimum atomic E-state index is -3.99. The normalized spacial score (nSPS) is 12.9. The second-order valence-electron chi connectivity index (χ2n) is 5.09. The highest BCUT2D eigenvalue weighted by Crippen LogP contribution is 2.27. The second kappa shape index (κ2) is 8.56. The summed E-state index contributed by atoms with van der Waals surface area (Å²) in [6.45, 7) is 5.61. The number of benzene rings is 1. The van der Waals surface area contributed by atoms with E-state index < -0.39 is 22.0 Å². The van der Waals surface area contributed by atoms with Gasteiger partial charge in [0.15, 0.2) is 0 Å². The molecule has 0 aliphatic heterocycles. The number of thioether (sulfide) groups is 1. The lowest BCUT2D eigenvalue weighted by Crippen LogP contribution is -2.41. The Morgan fingerprint density at radius 3 is 2.48 bits per heavy atom. The van der Waals surface area contributed by atoms with Gasteiger partial charge in [-0.3, -0.25) is 4.79 Å². The van der Waals surface area contributed by atoms with Gasteiger partial charge < -0.3 is 9.84 Å². The first-order chi connectivity index (χ1) is 10.7. The van der Waals surface area contributed by atoms with Crippen LogP contribution in [0.15, 0.2) is 17.0 Å². The quantitative estimate of drug-likeness (QED) is 0.655. The second-order valence-corrected chi connectivity index (χ2v) is 8.16. The Morgan fingerprint density at radius 2 is 1.96 bits per heavy atom. The minimum absolute atomic E-state index is 0.0440. The van der Waals surface area contributed by atoms with Crippen LogP contribution in [0.4, 0.5) is 0 Å². The molecule has 0 aliphatic rings. The number of carboxylic acids is 1. The number of methoxy groups -OCH3 is 1. The molecule has 0 saturated heterocycles. The van der Waals surface area contributed by atoms with Gasteiger partial charge in [0.2, 0.25) is 10.0 Å². The van der Waals surface area contributed by atoms with Gasteiger partial charge in [0, 0.05) is 0 Å². The molecule has 0 bridgehead atoms. The number of rotatable bonds is 9. The maximum atomic E-state index is 12.6. The Kier molecular flexibility index (Phi) is 7.37. The summed E-state index contributed by atoms with van der Waals surface area (Å²) in [6, 6.07) is 1.97. The lowest BCUT2D eigenvalue weighted by atomic mass is 10.1. The van der Waals surface area contributed by atoms with E-state index >= 15 is 0 Å². The Labute approximate surface area is 141 Å². The molecule has 0 heterocycles. The highest BCUT2D eigenvalue weighted by Gasteiger charge is 2.27. The van der Waals surface area contributed by atoms with Crippen molar-refractivity contribution in [2.24, 2.45) is 0 Å². The predicted molar refractivity (Wildman–Crippen MR) is 91.8 cm³/mol. The third kappa shape index (κ3) is 5.40. The van der Waals surface area contributed by atoms with Crippen LogP contribution in [0.1, 0.15) is 24.5 Å². The lowest BCUT2D eigenvalue weighted by Gasteiger charge is -2.17. The van der Waals surface area contributed by atoms with Gasteiger partial charge in [-0.2, -0.15) is 16.5 Å². The van der Waals surface area contributed by atoms with E-state index in [2.05, 4.69) is 4.72 Å². The van der Waals surface area contributed by atoms with Gasteiger partial charge in [-0.25, -0.2) is 8.42 Å². The average molecular weight is 361 g/mol. The summed E-state index contributed by atoms with van der Waals surface area (Å²) in [4.78, 5) is 11.3. The maximum absolute atomic E-state index is 12.6. The van der Waals surface area contributed by atoms with Crippen LogP contribution >= 0.6 is 11.8 Å². The molecule has 1 unspecified atom stereocenters. The smallest absolute Gasteiger partial charge is 0.321 e. The van der Waals surface area contributed by atoms with Gasteiger partial charge in [-0.15, -0.1) is 0 Å². The largest absolute Gasteiger partial charge is 0.495 e. The van der Waals surface area contributed by atoms with Gasteiger partial charge in [-0.1, -0.05) is 6.92 Å². The number of nitrogens with one attached hydrogen (secondary N) is 1. The van der Waals surface area contributed by atoms with Crippen molar-refractivity contribution in [2.45, 2.75) is 38.1 Å². The molecule has 2 N–H and O–H groups in total. The molecule has 1 rings (SSSR count). The van der Waals surface area contributed by atoms with Crippen molar-refractivity contribution in [1.82, 2.24) is 4.72 Å². The molecule has 0 amide bonds. The molecule has 1 aromatic carbocycles. The highest BCUT2D eigenvalue weighted by atomic mass is 32.2. The van der Waals surface area contributed by atoms with Gasteiger partial charge >= 0.3 is 5.97 Å². The monoisotopic (exact) mass is 361 g/mol. The maximum Gasteiger partial charge on any atom is 0.321 e. The zero-order chi connectivity index (χ0) is 17.6. The molecule has 0 aromatic heterocycles. The van der Waals surface area contributed by atoms with E-state index in [1.165, 1.54) is 13.2 Å². The number of ether oxygens (including phenoxy) is 1. The van der Waals surface area contributed by atoms with Crippen molar-refractivity contribution in [3.05, 3.63) is 23.3 Å². The van der Waals surface area contributed by atoms with Crippen LogP contribution in [-0.4, -0.2) is 44.2 Å². The zero-order valence-corrected chi connectivity index (χ0v) is 15.4. The number of hydrogen-bond acceptors (Lipinski definition) is 5. The van der Waals surface area contributed by atoms with Crippen LogP contribution in [-0.2, 0) is 14.8 Å². The van der Waals surface area contributed by atoms with E-state index in [1.54, 1.807) is 24.8 Å². The van der Waals surface area contributed by atoms with Gasteiger partial charge in [-0.05, 0) is 55.0 Å². The number of carbonyl (C=O) groups is 1. The lowest BCUT2D eigenvalue weighted by molar-refractivity contribution is -0.139. The van der Waals surface area contributed by atoms with E-state index in [0.29, 0.717) is 5.75 Å². The van der Waals surface area contributed by atoms with Gasteiger partial charge in [0.1, 0.15) is 16.7 Å².